The van der Waals surface area contributed by atoms with Gasteiger partial charge in [0.05, 0.1) is 56.2 Å². The normalized spacial score (nSPS) is 11.9. The van der Waals surface area contributed by atoms with Gasteiger partial charge in [0, 0.05) is 39.3 Å². The first kappa shape index (κ1) is 54.2. The number of rotatable bonds is 12. The third-order valence-corrected chi connectivity index (χ3v) is 15.9. The van der Waals surface area contributed by atoms with E-state index in [-0.39, 0.29) is 44.7 Å². The van der Waals surface area contributed by atoms with Gasteiger partial charge in [-0.1, -0.05) is 169 Å². The van der Waals surface area contributed by atoms with Crippen LogP contribution < -0.4 is 4.74 Å². The largest absolute Gasteiger partial charge is 2.00 e. The summed E-state index contributed by atoms with van der Waals surface area (Å²) >= 11 is 0. The molecule has 0 amide bonds. The van der Waals surface area contributed by atoms with Gasteiger partial charge in [-0.25, -0.2) is 4.98 Å². The predicted molar refractivity (Wildman–Crippen MR) is 333 cm³/mol. The van der Waals surface area contributed by atoms with E-state index in [1.54, 1.807) is 0 Å². The zero-order chi connectivity index (χ0) is 56.0. The summed E-state index contributed by atoms with van der Waals surface area (Å²) < 4.78 is 19.1. The molecule has 0 atom stereocenters. The van der Waals surface area contributed by atoms with Crippen molar-refractivity contribution >= 4 is 54.9 Å². The van der Waals surface area contributed by atoms with Crippen LogP contribution in [0.3, 0.4) is 0 Å². The third-order valence-electron chi connectivity index (χ3n) is 15.9. The van der Waals surface area contributed by atoms with E-state index in [4.69, 9.17) is 29.1 Å². The predicted octanol–water partition coefficient (Wildman–Crippen LogP) is 19.7. The van der Waals surface area contributed by atoms with Crippen LogP contribution in [0, 0.1) is 32.9 Å². The van der Waals surface area contributed by atoms with Gasteiger partial charge in [-0.2, -0.15) is 0 Å². The van der Waals surface area contributed by atoms with Crippen molar-refractivity contribution in [3.05, 3.63) is 215 Å². The van der Waals surface area contributed by atoms with Gasteiger partial charge in [0.2, 0.25) is 0 Å². The third kappa shape index (κ3) is 9.31. The van der Waals surface area contributed by atoms with Gasteiger partial charge in [-0.15, -0.1) is 23.8 Å². The number of imidazole rings is 2. The second-order valence-electron chi connectivity index (χ2n) is 22.9. The molecule has 8 nitrogen and oxygen atoms in total. The van der Waals surface area contributed by atoms with Crippen molar-refractivity contribution in [2.24, 2.45) is 0 Å². The van der Waals surface area contributed by atoms with E-state index in [0.717, 1.165) is 83.6 Å². The fourth-order valence-electron chi connectivity index (χ4n) is 12.1. The van der Waals surface area contributed by atoms with Crippen LogP contribution in [0.4, 0.5) is 0 Å². The van der Waals surface area contributed by atoms with Gasteiger partial charge in [0.25, 0.3) is 0 Å². The molecule has 0 unspecified atom stereocenters. The molecule has 5 heterocycles. The minimum atomic E-state index is 0. The number of aryl methyl sites for hydroxylation is 3. The fraction of sp³-hybridized carbons (Fsp3) is 0.205. The summed E-state index contributed by atoms with van der Waals surface area (Å²) in [5, 5.41) is 2.76. The van der Waals surface area contributed by atoms with E-state index in [1.807, 2.05) is 32.9 Å². The van der Waals surface area contributed by atoms with Crippen LogP contribution in [0.25, 0.3) is 111 Å². The Labute approximate surface area is 494 Å². The maximum absolute atomic E-state index is 7.19. The summed E-state index contributed by atoms with van der Waals surface area (Å²) in [6.45, 7) is 24.3. The van der Waals surface area contributed by atoms with Crippen LogP contribution in [0.2, 0.25) is 0 Å². The number of para-hydroxylation sites is 4. The van der Waals surface area contributed by atoms with Gasteiger partial charge in [-0.3, -0.25) is 15.0 Å². The number of benzene rings is 8. The molecule has 8 aromatic carbocycles. The number of hydrogen-bond donors (Lipinski definition) is 0. The van der Waals surface area contributed by atoms with Crippen molar-refractivity contribution in [1.29, 1.82) is 0 Å². The number of furan rings is 1. The van der Waals surface area contributed by atoms with Crippen molar-refractivity contribution in [3.63, 3.8) is 0 Å². The maximum Gasteiger partial charge on any atom is 2.00 e. The minimum absolute atomic E-state index is 0. The SMILES string of the molecule is Cc1cc2c(nc(C)c3oc4c(-c5nc6ccccc6n5-c5c(C(C)C)cc(-c6ccccc6)cc5C(C)C)[c-]c(Oc5[c-]c(-c6nc7ccccc7n6-c6c(C(C)C)cc(-c7ccccc7)cc6C(C)C)ccc5)cc4c32)c(C)n1.[Pt+2]. The first-order chi connectivity index (χ1) is 39.2. The van der Waals surface area contributed by atoms with Gasteiger partial charge in [0.1, 0.15) is 5.58 Å². The van der Waals surface area contributed by atoms with Crippen molar-refractivity contribution in [3.8, 4) is 67.9 Å². The molecule has 408 valence electrons. The molecule has 13 rings (SSSR count). The zero-order valence-corrected chi connectivity index (χ0v) is 50.5. The van der Waals surface area contributed by atoms with Gasteiger partial charge in [-0.05, 0) is 144 Å². The zero-order valence-electron chi connectivity index (χ0n) is 48.2. The first-order valence-electron chi connectivity index (χ1n) is 28.4. The average Bonchev–Trinajstić information content (AvgIpc) is 4.29. The Morgan fingerprint density at radius 3 is 1.48 bits per heavy atom. The smallest absolute Gasteiger partial charge is 0.499 e. The Balaban J connectivity index is 0.00000665. The number of hydrogen-bond acceptors (Lipinski definition) is 6. The van der Waals surface area contributed by atoms with Crippen LogP contribution in [0.1, 0.15) is 118 Å². The van der Waals surface area contributed by atoms with Crippen molar-refractivity contribution in [2.75, 3.05) is 0 Å². The van der Waals surface area contributed by atoms with Gasteiger partial charge >= 0.3 is 21.1 Å². The van der Waals surface area contributed by atoms with Crippen LogP contribution >= 0.6 is 0 Å². The maximum atomic E-state index is 7.19. The number of nitrogens with zero attached hydrogens (tertiary/aromatic N) is 6. The molecule has 0 aliphatic heterocycles. The topological polar surface area (TPSA) is 83.8 Å². The quantitative estimate of drug-likeness (QED) is 0.113. The molecular weight excluding hydrogens is 1190 g/mol. The number of aromatic nitrogens is 6. The average molecular weight is 1250 g/mol. The monoisotopic (exact) mass is 1250 g/mol. The van der Waals surface area contributed by atoms with Crippen LogP contribution in [-0.4, -0.2) is 29.1 Å². The molecule has 9 heteroatoms. The summed E-state index contributed by atoms with van der Waals surface area (Å²) in [4.78, 5) is 21.0. The molecule has 0 saturated heterocycles. The standard InChI is InChI=1S/C73H64N6O2.Pt/c1-41(2)55-35-51(48-23-14-12-15-24-48)36-56(42(3)4)68(55)78-64-31-20-18-29-62(64)76-72(78)50-27-22-28-53(34-50)80-54-39-60-66-59-33-45(9)74-46(10)67(59)75-47(11)70(66)81-71(60)61(40-54)73-77-63-30-19-21-32-65(63)79(73)69-57(43(5)6)37-52(38-58(69)44(7)8)49-25-16-13-17-26-49;/h12-33,35-39,41-44H,1-11H3;/q-2;+2. The number of pyridine rings is 2. The van der Waals surface area contributed by atoms with Crippen molar-refractivity contribution in [2.45, 2.75) is 99.8 Å². The van der Waals surface area contributed by atoms with Crippen LogP contribution in [0.15, 0.2) is 168 Å². The van der Waals surface area contributed by atoms with Crippen LogP contribution in [0.5, 0.6) is 11.5 Å². The molecule has 82 heavy (non-hydrogen) atoms. The van der Waals surface area contributed by atoms with E-state index in [1.165, 1.54) is 44.5 Å². The summed E-state index contributed by atoms with van der Waals surface area (Å²) in [6.07, 6.45) is 0. The molecule has 0 N–H and O–H groups in total. The van der Waals surface area contributed by atoms with Crippen LogP contribution in [-0.2, 0) is 21.1 Å². The number of ether oxygens (including phenoxy) is 1. The van der Waals surface area contributed by atoms with Gasteiger partial charge in [0.15, 0.2) is 0 Å². The van der Waals surface area contributed by atoms with Gasteiger partial charge < -0.3 is 18.3 Å². The Morgan fingerprint density at radius 2 is 0.939 bits per heavy atom. The summed E-state index contributed by atoms with van der Waals surface area (Å²) in [5.41, 5.74) is 21.9. The second kappa shape index (κ2) is 21.5. The molecule has 0 fully saturated rings. The molecule has 0 spiro atoms. The summed E-state index contributed by atoms with van der Waals surface area (Å²) in [6, 6.07) is 65.5. The Hall–Kier alpha value is -8.45. The molecular formula is C73H64N6O2Pt. The Morgan fingerprint density at radius 1 is 0.439 bits per heavy atom. The van der Waals surface area contributed by atoms with E-state index >= 15 is 0 Å². The molecule has 0 aliphatic rings. The Bertz CT molecular complexity index is 4550. The molecule has 13 aromatic rings. The summed E-state index contributed by atoms with van der Waals surface area (Å²) in [5.74, 6) is 3.23. The Kier molecular flexibility index (Phi) is 14.2. The second-order valence-corrected chi connectivity index (χ2v) is 22.9. The first-order valence-corrected chi connectivity index (χ1v) is 28.4. The van der Waals surface area contributed by atoms with Crippen molar-refractivity contribution < 1.29 is 30.2 Å². The molecule has 0 radical (unpaired) electrons. The minimum Gasteiger partial charge on any atom is -0.499 e. The number of fused-ring (bicyclic) bond motifs is 7. The molecule has 0 bridgehead atoms. The van der Waals surface area contributed by atoms with Crippen molar-refractivity contribution in [1.82, 2.24) is 29.1 Å². The fourth-order valence-corrected chi connectivity index (χ4v) is 12.1. The van der Waals surface area contributed by atoms with E-state index in [9.17, 15) is 0 Å². The summed E-state index contributed by atoms with van der Waals surface area (Å²) in [7, 11) is 0. The van der Waals surface area contributed by atoms with E-state index in [0.29, 0.717) is 34.1 Å². The molecule has 0 saturated carbocycles. The van der Waals surface area contributed by atoms with E-state index < -0.39 is 0 Å². The van der Waals surface area contributed by atoms with E-state index in [2.05, 4.69) is 228 Å². The molecule has 0 aliphatic carbocycles. The molecule has 5 aromatic heterocycles.